The van der Waals surface area contributed by atoms with Crippen LogP contribution in [0.4, 0.5) is 17.6 Å². The minimum Gasteiger partial charge on any atom is -0.412 e. The summed E-state index contributed by atoms with van der Waals surface area (Å²) in [6.07, 6.45) is -0.0995. The normalized spacial score (nSPS) is 12.3. The molecule has 0 saturated heterocycles. The lowest BCUT2D eigenvalue weighted by atomic mass is 10.0. The van der Waals surface area contributed by atoms with Gasteiger partial charge in [0.05, 0.1) is 12.3 Å². The van der Waals surface area contributed by atoms with Gasteiger partial charge >= 0.3 is 0 Å². The Morgan fingerprint density at radius 3 is 2.12 bits per heavy atom. The van der Waals surface area contributed by atoms with E-state index in [0.29, 0.717) is 11.3 Å². The van der Waals surface area contributed by atoms with E-state index in [2.05, 4.69) is 38.8 Å². The Hall–Kier alpha value is -2.51. The van der Waals surface area contributed by atoms with E-state index >= 15 is 0 Å². The Bertz CT molecular complexity index is 1110. The van der Waals surface area contributed by atoms with Crippen LogP contribution in [0.25, 0.3) is 11.3 Å². The van der Waals surface area contributed by atoms with Gasteiger partial charge < -0.3 is 4.43 Å². The quantitative estimate of drug-likeness (QED) is 0.281. The van der Waals surface area contributed by atoms with Gasteiger partial charge in [0.1, 0.15) is 23.3 Å². The van der Waals surface area contributed by atoms with Crippen LogP contribution in [0.2, 0.25) is 18.1 Å². The van der Waals surface area contributed by atoms with Crippen molar-refractivity contribution in [3.63, 3.8) is 0 Å². The summed E-state index contributed by atoms with van der Waals surface area (Å²) in [7, 11) is -2.10. The van der Waals surface area contributed by atoms with Gasteiger partial charge in [-0.3, -0.25) is 4.98 Å². The first-order chi connectivity index (χ1) is 14.9. The van der Waals surface area contributed by atoms with Gasteiger partial charge in [-0.25, -0.2) is 17.6 Å². The summed E-state index contributed by atoms with van der Waals surface area (Å²) < 4.78 is 62.7. The van der Waals surface area contributed by atoms with Crippen molar-refractivity contribution in [1.82, 2.24) is 4.98 Å². The van der Waals surface area contributed by atoms with Gasteiger partial charge in [0.15, 0.2) is 8.32 Å². The molecule has 0 saturated carbocycles. The van der Waals surface area contributed by atoms with Crippen molar-refractivity contribution < 1.29 is 22.0 Å². The highest BCUT2D eigenvalue weighted by molar-refractivity contribution is 6.74. The van der Waals surface area contributed by atoms with Crippen molar-refractivity contribution in [2.24, 2.45) is 0 Å². The van der Waals surface area contributed by atoms with Crippen LogP contribution in [0, 0.1) is 23.3 Å². The minimum absolute atomic E-state index is 0.0238. The molecule has 0 bridgehead atoms. The van der Waals surface area contributed by atoms with Crippen molar-refractivity contribution in [3.05, 3.63) is 88.6 Å². The smallest absolute Gasteiger partial charge is 0.192 e. The third kappa shape index (κ3) is 5.27. The second-order valence-electron chi connectivity index (χ2n) is 9.36. The highest BCUT2D eigenvalue weighted by Gasteiger charge is 2.37. The van der Waals surface area contributed by atoms with E-state index in [0.717, 1.165) is 12.1 Å². The Morgan fingerprint density at radius 2 is 1.53 bits per heavy atom. The third-order valence-electron chi connectivity index (χ3n) is 6.04. The molecule has 0 radical (unpaired) electrons. The molecule has 0 aliphatic heterocycles. The van der Waals surface area contributed by atoms with Crippen LogP contribution in [0.1, 0.15) is 37.6 Å². The number of pyridine rings is 1. The fourth-order valence-corrected chi connectivity index (χ4v) is 3.96. The summed E-state index contributed by atoms with van der Waals surface area (Å²) in [5.74, 6) is -2.81. The van der Waals surface area contributed by atoms with E-state index in [1.54, 1.807) is 12.1 Å². The number of hydrogen-bond donors (Lipinski definition) is 0. The molecular formula is C25H27F4NOSi. The standard InChI is InChI=1S/C25H27F4NOSi/c1-25(2,3)32(4,5)31-15-16-9-11-18(14-20-21(27)7-6-8-22(20)28)30-24(16)19-12-10-17(26)13-23(19)29/h6-13H,14-15H2,1-5H3. The number of hydrogen-bond acceptors (Lipinski definition) is 2. The largest absolute Gasteiger partial charge is 0.412 e. The monoisotopic (exact) mass is 461 g/mol. The summed E-state index contributed by atoms with van der Waals surface area (Å²) in [4.78, 5) is 4.51. The molecule has 0 aliphatic carbocycles. The molecular weight excluding hydrogens is 434 g/mol. The van der Waals surface area contributed by atoms with Crippen LogP contribution in [-0.2, 0) is 17.5 Å². The van der Waals surface area contributed by atoms with Gasteiger partial charge in [0, 0.05) is 34.9 Å². The lowest BCUT2D eigenvalue weighted by Gasteiger charge is -2.36. The van der Waals surface area contributed by atoms with Crippen molar-refractivity contribution in [2.45, 2.75) is 51.9 Å². The predicted molar refractivity (Wildman–Crippen MR) is 121 cm³/mol. The fraction of sp³-hybridized carbons (Fsp3) is 0.320. The molecule has 3 rings (SSSR count). The molecule has 32 heavy (non-hydrogen) atoms. The number of aromatic nitrogens is 1. The molecule has 2 nitrogen and oxygen atoms in total. The first-order valence-electron chi connectivity index (χ1n) is 10.4. The summed E-state index contributed by atoms with van der Waals surface area (Å²) >= 11 is 0. The van der Waals surface area contributed by atoms with Crippen LogP contribution in [0.15, 0.2) is 48.5 Å². The molecule has 2 aromatic carbocycles. The van der Waals surface area contributed by atoms with Crippen molar-refractivity contribution in [3.8, 4) is 11.3 Å². The average molecular weight is 462 g/mol. The maximum atomic E-state index is 14.6. The van der Waals surface area contributed by atoms with E-state index < -0.39 is 31.6 Å². The molecule has 0 amide bonds. The maximum Gasteiger partial charge on any atom is 0.192 e. The Balaban J connectivity index is 2.03. The zero-order chi connectivity index (χ0) is 23.7. The van der Waals surface area contributed by atoms with Crippen LogP contribution < -0.4 is 0 Å². The van der Waals surface area contributed by atoms with Gasteiger partial charge in [-0.1, -0.05) is 32.9 Å². The van der Waals surface area contributed by atoms with E-state index in [-0.39, 0.29) is 34.9 Å². The van der Waals surface area contributed by atoms with Gasteiger partial charge in [-0.05, 0) is 48.5 Å². The second-order valence-corrected chi connectivity index (χ2v) is 14.2. The average Bonchev–Trinajstić information content (AvgIpc) is 2.69. The zero-order valence-electron chi connectivity index (χ0n) is 18.9. The molecule has 0 N–H and O–H groups in total. The summed E-state index contributed by atoms with van der Waals surface area (Å²) in [5.41, 5.74) is 1.25. The SMILES string of the molecule is CC(C)(C)[Si](C)(C)OCc1ccc(Cc2c(F)cccc2F)nc1-c1ccc(F)cc1F. The minimum atomic E-state index is -2.10. The van der Waals surface area contributed by atoms with Gasteiger partial charge in [-0.2, -0.15) is 0 Å². The maximum absolute atomic E-state index is 14.6. The summed E-state index contributed by atoms with van der Waals surface area (Å²) in [6, 6.07) is 10.3. The topological polar surface area (TPSA) is 22.1 Å². The van der Waals surface area contributed by atoms with Crippen molar-refractivity contribution in [2.75, 3.05) is 0 Å². The lowest BCUT2D eigenvalue weighted by Crippen LogP contribution is -2.40. The number of rotatable bonds is 6. The molecule has 1 aromatic heterocycles. The Kier molecular flexibility index (Phi) is 6.90. The molecule has 3 aromatic rings. The Morgan fingerprint density at radius 1 is 0.875 bits per heavy atom. The Labute approximate surface area is 187 Å². The van der Waals surface area contributed by atoms with E-state index in [1.807, 2.05) is 0 Å². The van der Waals surface area contributed by atoms with E-state index in [9.17, 15) is 17.6 Å². The first kappa shape index (κ1) is 24.1. The molecule has 0 atom stereocenters. The number of halogens is 4. The van der Waals surface area contributed by atoms with Gasteiger partial charge in [0.25, 0.3) is 0 Å². The third-order valence-corrected chi connectivity index (χ3v) is 10.5. The van der Waals surface area contributed by atoms with Gasteiger partial charge in [-0.15, -0.1) is 0 Å². The molecule has 7 heteroatoms. The molecule has 0 fully saturated rings. The lowest BCUT2D eigenvalue weighted by molar-refractivity contribution is 0.276. The highest BCUT2D eigenvalue weighted by atomic mass is 28.4. The van der Waals surface area contributed by atoms with Crippen LogP contribution >= 0.6 is 0 Å². The van der Waals surface area contributed by atoms with Crippen LogP contribution in [0.5, 0.6) is 0 Å². The second kappa shape index (κ2) is 9.15. The van der Waals surface area contributed by atoms with Crippen molar-refractivity contribution in [1.29, 1.82) is 0 Å². The molecule has 0 spiro atoms. The molecule has 170 valence electrons. The molecule has 0 aliphatic rings. The van der Waals surface area contributed by atoms with E-state index in [1.165, 1.54) is 24.3 Å². The number of nitrogens with zero attached hydrogens (tertiary/aromatic N) is 1. The van der Waals surface area contributed by atoms with E-state index in [4.69, 9.17) is 4.43 Å². The summed E-state index contributed by atoms with van der Waals surface area (Å²) in [5, 5.41) is -0.0238. The fourth-order valence-electron chi connectivity index (χ4n) is 3.02. The van der Waals surface area contributed by atoms with Crippen LogP contribution in [0.3, 0.4) is 0 Å². The molecule has 1 heterocycles. The highest BCUT2D eigenvalue weighted by Crippen LogP contribution is 2.38. The number of benzene rings is 2. The zero-order valence-corrected chi connectivity index (χ0v) is 19.9. The predicted octanol–water partition coefficient (Wildman–Crippen LogP) is 7.42. The van der Waals surface area contributed by atoms with Gasteiger partial charge in [0.2, 0.25) is 0 Å². The van der Waals surface area contributed by atoms with Crippen LogP contribution in [-0.4, -0.2) is 13.3 Å². The first-order valence-corrected chi connectivity index (χ1v) is 13.3. The van der Waals surface area contributed by atoms with Crippen molar-refractivity contribution >= 4 is 8.32 Å². The molecule has 0 unspecified atom stereocenters. The summed E-state index contributed by atoms with van der Waals surface area (Å²) in [6.45, 7) is 10.8.